The van der Waals surface area contributed by atoms with Crippen LogP contribution in [0.1, 0.15) is 43.5 Å². The van der Waals surface area contributed by atoms with Crippen molar-refractivity contribution in [2.45, 2.75) is 38.6 Å². The molecule has 3 heterocycles. The van der Waals surface area contributed by atoms with E-state index in [1.54, 1.807) is 34.3 Å². The highest BCUT2D eigenvalue weighted by molar-refractivity contribution is 6.07. The second-order valence-electron chi connectivity index (χ2n) is 7.89. The van der Waals surface area contributed by atoms with Gasteiger partial charge in [0.25, 0.3) is 11.8 Å². The highest BCUT2D eigenvalue weighted by atomic mass is 16.3. The van der Waals surface area contributed by atoms with Gasteiger partial charge in [-0.2, -0.15) is 0 Å². The van der Waals surface area contributed by atoms with Gasteiger partial charge in [-0.1, -0.05) is 13.8 Å². The normalized spacial score (nSPS) is 19.2. The molecular formula is C20H28N4O4. The van der Waals surface area contributed by atoms with Crippen LogP contribution in [0, 0.1) is 5.92 Å². The van der Waals surface area contributed by atoms with Crippen LogP contribution in [0.25, 0.3) is 0 Å². The summed E-state index contributed by atoms with van der Waals surface area (Å²) in [4.78, 5) is 47.5. The Hall–Kier alpha value is -2.48. The summed E-state index contributed by atoms with van der Waals surface area (Å²) in [6.45, 7) is 5.51. The standard InChI is InChI=1S/C20H28N4O4/c1-15(2)14-24-19(28)23(9-4-12-25)18(27)20(24)6-10-22(11-7-20)17(26)16-5-3-8-21-13-16/h3,5,8,13,15,25H,4,6-7,9-12,14H2,1-2H3. The van der Waals surface area contributed by atoms with Crippen molar-refractivity contribution in [1.82, 2.24) is 19.7 Å². The van der Waals surface area contributed by atoms with Gasteiger partial charge in [-0.3, -0.25) is 19.5 Å². The van der Waals surface area contributed by atoms with E-state index in [1.807, 2.05) is 13.8 Å². The fraction of sp³-hybridized carbons (Fsp3) is 0.600. The van der Waals surface area contributed by atoms with Gasteiger partial charge in [0.2, 0.25) is 0 Å². The first kappa shape index (κ1) is 20.3. The molecule has 28 heavy (non-hydrogen) atoms. The zero-order valence-corrected chi connectivity index (χ0v) is 16.5. The first-order valence-electron chi connectivity index (χ1n) is 9.84. The van der Waals surface area contributed by atoms with Crippen molar-refractivity contribution >= 4 is 17.8 Å². The van der Waals surface area contributed by atoms with Gasteiger partial charge in [0.1, 0.15) is 5.54 Å². The number of nitrogens with zero attached hydrogens (tertiary/aromatic N) is 4. The summed E-state index contributed by atoms with van der Waals surface area (Å²) in [5.74, 6) is -0.0752. The fourth-order valence-corrected chi connectivity index (χ4v) is 4.06. The Balaban J connectivity index is 1.78. The van der Waals surface area contributed by atoms with E-state index >= 15 is 0 Å². The lowest BCUT2D eigenvalue weighted by molar-refractivity contribution is -0.135. The maximum Gasteiger partial charge on any atom is 0.327 e. The Morgan fingerprint density at radius 1 is 1.29 bits per heavy atom. The first-order chi connectivity index (χ1) is 13.4. The quantitative estimate of drug-likeness (QED) is 0.743. The molecular weight excluding hydrogens is 360 g/mol. The van der Waals surface area contributed by atoms with Crippen LogP contribution in [-0.2, 0) is 4.79 Å². The zero-order valence-electron chi connectivity index (χ0n) is 16.5. The van der Waals surface area contributed by atoms with Crippen molar-refractivity contribution in [3.05, 3.63) is 30.1 Å². The van der Waals surface area contributed by atoms with E-state index in [0.717, 1.165) is 0 Å². The summed E-state index contributed by atoms with van der Waals surface area (Å²) < 4.78 is 0. The maximum absolute atomic E-state index is 13.2. The molecule has 8 nitrogen and oxygen atoms in total. The van der Waals surface area contributed by atoms with E-state index in [9.17, 15) is 14.4 Å². The molecule has 1 aromatic heterocycles. The first-order valence-corrected chi connectivity index (χ1v) is 9.84. The van der Waals surface area contributed by atoms with Crippen molar-refractivity contribution in [2.24, 2.45) is 5.92 Å². The molecule has 0 bridgehead atoms. The van der Waals surface area contributed by atoms with Crippen molar-refractivity contribution in [1.29, 1.82) is 0 Å². The number of aromatic nitrogens is 1. The van der Waals surface area contributed by atoms with Gasteiger partial charge in [-0.05, 0) is 37.3 Å². The van der Waals surface area contributed by atoms with Crippen LogP contribution in [-0.4, -0.2) is 81.0 Å². The van der Waals surface area contributed by atoms with E-state index in [1.165, 1.54) is 4.90 Å². The van der Waals surface area contributed by atoms with E-state index in [2.05, 4.69) is 4.98 Å². The van der Waals surface area contributed by atoms with Crippen molar-refractivity contribution < 1.29 is 19.5 Å². The molecule has 152 valence electrons. The number of aliphatic hydroxyl groups excluding tert-OH is 1. The molecule has 1 spiro atoms. The van der Waals surface area contributed by atoms with Gasteiger partial charge >= 0.3 is 6.03 Å². The van der Waals surface area contributed by atoms with Crippen LogP contribution in [0.15, 0.2) is 24.5 Å². The van der Waals surface area contributed by atoms with Crippen LogP contribution in [0.5, 0.6) is 0 Å². The number of hydrogen-bond acceptors (Lipinski definition) is 5. The summed E-state index contributed by atoms with van der Waals surface area (Å²) in [6.07, 6.45) is 4.38. The number of pyridine rings is 1. The second-order valence-corrected chi connectivity index (χ2v) is 7.89. The Morgan fingerprint density at radius 3 is 2.57 bits per heavy atom. The molecule has 1 N–H and O–H groups in total. The third-order valence-corrected chi connectivity index (χ3v) is 5.50. The maximum atomic E-state index is 13.2. The second kappa shape index (κ2) is 8.26. The lowest BCUT2D eigenvalue weighted by atomic mass is 9.85. The zero-order chi connectivity index (χ0) is 20.3. The van der Waals surface area contributed by atoms with Gasteiger partial charge in [0.05, 0.1) is 5.56 Å². The number of rotatable bonds is 6. The minimum Gasteiger partial charge on any atom is -0.396 e. The summed E-state index contributed by atoms with van der Waals surface area (Å²) in [5, 5.41) is 9.10. The highest BCUT2D eigenvalue weighted by Gasteiger charge is 2.57. The molecule has 2 fully saturated rings. The van der Waals surface area contributed by atoms with Crippen molar-refractivity contribution in [3.8, 4) is 0 Å². The van der Waals surface area contributed by atoms with Gasteiger partial charge in [-0.25, -0.2) is 4.79 Å². The fourth-order valence-electron chi connectivity index (χ4n) is 4.06. The third kappa shape index (κ3) is 3.61. The van der Waals surface area contributed by atoms with Crippen molar-refractivity contribution in [3.63, 3.8) is 0 Å². The number of hydrogen-bond donors (Lipinski definition) is 1. The Morgan fingerprint density at radius 2 is 2.00 bits per heavy atom. The summed E-state index contributed by atoms with van der Waals surface area (Å²) in [7, 11) is 0. The molecule has 0 aromatic carbocycles. The number of carbonyl (C=O) groups is 3. The summed E-state index contributed by atoms with van der Waals surface area (Å²) >= 11 is 0. The molecule has 0 unspecified atom stereocenters. The number of aliphatic hydroxyl groups is 1. The molecule has 4 amide bonds. The van der Waals surface area contributed by atoms with E-state index in [-0.39, 0.29) is 36.9 Å². The van der Waals surface area contributed by atoms with Crippen LogP contribution in [0.3, 0.4) is 0 Å². The summed E-state index contributed by atoms with van der Waals surface area (Å²) in [6, 6.07) is 3.17. The van der Waals surface area contributed by atoms with Crippen molar-refractivity contribution in [2.75, 3.05) is 32.8 Å². The highest BCUT2D eigenvalue weighted by Crippen LogP contribution is 2.38. The van der Waals surface area contributed by atoms with Gasteiger partial charge in [0.15, 0.2) is 0 Å². The molecule has 3 rings (SSSR count). The van der Waals surface area contributed by atoms with Crippen LogP contribution in [0.2, 0.25) is 0 Å². The van der Waals surface area contributed by atoms with Crippen LogP contribution < -0.4 is 0 Å². The van der Waals surface area contributed by atoms with Gasteiger partial charge < -0.3 is 14.9 Å². The third-order valence-electron chi connectivity index (χ3n) is 5.50. The molecule has 2 aliphatic heterocycles. The molecule has 2 aliphatic rings. The van der Waals surface area contributed by atoms with E-state index in [4.69, 9.17) is 5.11 Å². The number of urea groups is 1. The average molecular weight is 388 g/mol. The topological polar surface area (TPSA) is 94.0 Å². The van der Waals surface area contributed by atoms with E-state index < -0.39 is 5.54 Å². The van der Waals surface area contributed by atoms with Crippen LogP contribution in [0.4, 0.5) is 4.79 Å². The minimum absolute atomic E-state index is 0.0678. The predicted molar refractivity (Wildman–Crippen MR) is 102 cm³/mol. The number of piperidine rings is 1. The molecule has 0 saturated carbocycles. The minimum atomic E-state index is -0.886. The monoisotopic (exact) mass is 388 g/mol. The molecule has 2 saturated heterocycles. The Kier molecular flexibility index (Phi) is 5.98. The molecule has 0 radical (unpaired) electrons. The van der Waals surface area contributed by atoms with E-state index in [0.29, 0.717) is 44.5 Å². The lowest BCUT2D eigenvalue weighted by Gasteiger charge is -2.42. The lowest BCUT2D eigenvalue weighted by Crippen LogP contribution is -2.58. The molecule has 0 aliphatic carbocycles. The molecule has 0 atom stereocenters. The summed E-state index contributed by atoms with van der Waals surface area (Å²) in [5.41, 5.74) is -0.362. The van der Waals surface area contributed by atoms with Gasteiger partial charge in [-0.15, -0.1) is 0 Å². The van der Waals surface area contributed by atoms with Gasteiger partial charge in [0, 0.05) is 45.2 Å². The Bertz CT molecular complexity index is 729. The SMILES string of the molecule is CC(C)CN1C(=O)N(CCCO)C(=O)C12CCN(C(=O)c1cccnc1)CC2. The number of carbonyl (C=O) groups excluding carboxylic acids is 3. The smallest absolute Gasteiger partial charge is 0.327 e. The number of amides is 4. The molecule has 8 heteroatoms. The predicted octanol–water partition coefficient (Wildman–Crippen LogP) is 1.36. The largest absolute Gasteiger partial charge is 0.396 e. The number of imide groups is 1. The Labute approximate surface area is 165 Å². The number of likely N-dealkylation sites (tertiary alicyclic amines) is 1. The molecule has 1 aromatic rings. The van der Waals surface area contributed by atoms with Crippen LogP contribution >= 0.6 is 0 Å². The average Bonchev–Trinajstić information content (AvgIpc) is 2.88.